The SMILES string of the molecule is CCCCNCC(C)(C)[N+](=O)[O-]. The van der Waals surface area contributed by atoms with Crippen LogP contribution >= 0.6 is 0 Å². The Bertz CT molecular complexity index is 146. The molecule has 0 saturated carbocycles. The number of nitrogens with one attached hydrogen (secondary N) is 1. The van der Waals surface area contributed by atoms with Gasteiger partial charge < -0.3 is 5.32 Å². The molecular formula is C8H18N2O2. The molecule has 0 atom stereocenters. The molecule has 0 radical (unpaired) electrons. The summed E-state index contributed by atoms with van der Waals surface area (Å²) in [6.07, 6.45) is 2.19. The first-order chi connectivity index (χ1) is 5.50. The Labute approximate surface area is 73.5 Å². The maximum absolute atomic E-state index is 10.5. The van der Waals surface area contributed by atoms with Crippen LogP contribution in [0.25, 0.3) is 0 Å². The predicted octanol–water partition coefficient (Wildman–Crippen LogP) is 1.43. The van der Waals surface area contributed by atoms with Crippen LogP contribution in [0.5, 0.6) is 0 Å². The molecule has 0 unspecified atom stereocenters. The van der Waals surface area contributed by atoms with Gasteiger partial charge in [-0.15, -0.1) is 0 Å². The van der Waals surface area contributed by atoms with Crippen LogP contribution < -0.4 is 5.32 Å². The maximum atomic E-state index is 10.5. The van der Waals surface area contributed by atoms with Gasteiger partial charge in [0.2, 0.25) is 5.54 Å². The summed E-state index contributed by atoms with van der Waals surface area (Å²) >= 11 is 0. The Balaban J connectivity index is 3.54. The van der Waals surface area contributed by atoms with Crippen LogP contribution in [0.2, 0.25) is 0 Å². The van der Waals surface area contributed by atoms with Crippen molar-refractivity contribution in [3.8, 4) is 0 Å². The number of hydrogen-bond acceptors (Lipinski definition) is 3. The van der Waals surface area contributed by atoms with Crippen LogP contribution in [0.15, 0.2) is 0 Å². The molecule has 0 aliphatic rings. The van der Waals surface area contributed by atoms with E-state index in [0.717, 1.165) is 19.4 Å². The normalized spacial score (nSPS) is 11.6. The van der Waals surface area contributed by atoms with Crippen molar-refractivity contribution in [3.05, 3.63) is 10.1 Å². The second-order valence-electron chi connectivity index (χ2n) is 3.60. The van der Waals surface area contributed by atoms with Gasteiger partial charge in [0.15, 0.2) is 0 Å². The van der Waals surface area contributed by atoms with Crippen LogP contribution in [-0.4, -0.2) is 23.6 Å². The van der Waals surface area contributed by atoms with Crippen molar-refractivity contribution < 1.29 is 4.92 Å². The summed E-state index contributed by atoms with van der Waals surface area (Å²) in [4.78, 5) is 10.2. The second kappa shape index (κ2) is 5.09. The predicted molar refractivity (Wildman–Crippen MR) is 48.9 cm³/mol. The number of unbranched alkanes of at least 4 members (excludes halogenated alkanes) is 1. The van der Waals surface area contributed by atoms with E-state index in [1.165, 1.54) is 0 Å². The van der Waals surface area contributed by atoms with Crippen LogP contribution in [-0.2, 0) is 0 Å². The summed E-state index contributed by atoms with van der Waals surface area (Å²) in [6, 6.07) is 0. The topological polar surface area (TPSA) is 55.2 Å². The van der Waals surface area contributed by atoms with Crippen molar-refractivity contribution >= 4 is 0 Å². The molecule has 72 valence electrons. The van der Waals surface area contributed by atoms with E-state index in [9.17, 15) is 10.1 Å². The smallest absolute Gasteiger partial charge is 0.228 e. The van der Waals surface area contributed by atoms with Crippen LogP contribution in [0, 0.1) is 10.1 Å². The lowest BCUT2D eigenvalue weighted by Crippen LogP contribution is -2.42. The van der Waals surface area contributed by atoms with Gasteiger partial charge in [-0.1, -0.05) is 13.3 Å². The third kappa shape index (κ3) is 4.28. The first-order valence-electron chi connectivity index (χ1n) is 4.36. The van der Waals surface area contributed by atoms with E-state index >= 15 is 0 Å². The number of nitro groups is 1. The highest BCUT2D eigenvalue weighted by atomic mass is 16.6. The molecule has 0 aliphatic carbocycles. The molecule has 4 nitrogen and oxygen atoms in total. The molecule has 12 heavy (non-hydrogen) atoms. The van der Waals surface area contributed by atoms with Crippen molar-refractivity contribution in [2.45, 2.75) is 39.2 Å². The van der Waals surface area contributed by atoms with Gasteiger partial charge >= 0.3 is 0 Å². The van der Waals surface area contributed by atoms with Gasteiger partial charge in [0.05, 0.1) is 6.54 Å². The number of hydrogen-bond donors (Lipinski definition) is 1. The van der Waals surface area contributed by atoms with Gasteiger partial charge in [0, 0.05) is 18.8 Å². The highest BCUT2D eigenvalue weighted by molar-refractivity contribution is 4.69. The Kier molecular flexibility index (Phi) is 4.81. The molecule has 4 heteroatoms. The average Bonchev–Trinajstić information content (AvgIpc) is 1.98. The first-order valence-corrected chi connectivity index (χ1v) is 4.36. The molecule has 1 N–H and O–H groups in total. The molecule has 0 aliphatic heterocycles. The first kappa shape index (κ1) is 11.4. The number of rotatable bonds is 6. The van der Waals surface area contributed by atoms with Crippen molar-refractivity contribution in [1.82, 2.24) is 5.32 Å². The fourth-order valence-electron chi connectivity index (χ4n) is 0.761. The zero-order valence-electron chi connectivity index (χ0n) is 8.09. The van der Waals surface area contributed by atoms with Gasteiger partial charge in [-0.05, 0) is 13.0 Å². The molecule has 0 spiro atoms. The van der Waals surface area contributed by atoms with E-state index in [1.54, 1.807) is 13.8 Å². The fourth-order valence-corrected chi connectivity index (χ4v) is 0.761. The monoisotopic (exact) mass is 174 g/mol. The van der Waals surface area contributed by atoms with E-state index in [-0.39, 0.29) is 4.92 Å². The van der Waals surface area contributed by atoms with Gasteiger partial charge in [0.1, 0.15) is 0 Å². The maximum Gasteiger partial charge on any atom is 0.228 e. The Morgan fingerprint density at radius 3 is 2.50 bits per heavy atom. The molecule has 0 bridgehead atoms. The largest absolute Gasteiger partial charge is 0.310 e. The van der Waals surface area contributed by atoms with Gasteiger partial charge in [-0.25, -0.2) is 0 Å². The summed E-state index contributed by atoms with van der Waals surface area (Å²) in [5.74, 6) is 0. The van der Waals surface area contributed by atoms with E-state index in [1.807, 2.05) is 0 Å². The summed E-state index contributed by atoms with van der Waals surface area (Å²) in [6.45, 7) is 6.67. The molecule has 0 heterocycles. The van der Waals surface area contributed by atoms with E-state index in [2.05, 4.69) is 12.2 Å². The van der Waals surface area contributed by atoms with E-state index in [0.29, 0.717) is 6.54 Å². The van der Waals surface area contributed by atoms with Crippen LogP contribution in [0.3, 0.4) is 0 Å². The highest BCUT2D eigenvalue weighted by Crippen LogP contribution is 2.04. The lowest BCUT2D eigenvalue weighted by molar-refractivity contribution is -0.558. The minimum absolute atomic E-state index is 0.244. The van der Waals surface area contributed by atoms with Crippen LogP contribution in [0.4, 0.5) is 0 Å². The van der Waals surface area contributed by atoms with E-state index < -0.39 is 5.54 Å². The van der Waals surface area contributed by atoms with Crippen LogP contribution in [0.1, 0.15) is 33.6 Å². The van der Waals surface area contributed by atoms with Crippen molar-refractivity contribution in [1.29, 1.82) is 0 Å². The summed E-state index contributed by atoms with van der Waals surface area (Å²) < 4.78 is 0. The van der Waals surface area contributed by atoms with Gasteiger partial charge in [0.25, 0.3) is 0 Å². The fraction of sp³-hybridized carbons (Fsp3) is 1.00. The molecule has 0 saturated heterocycles. The van der Waals surface area contributed by atoms with Gasteiger partial charge in [-0.2, -0.15) is 0 Å². The van der Waals surface area contributed by atoms with E-state index in [4.69, 9.17) is 0 Å². The van der Waals surface area contributed by atoms with Crippen molar-refractivity contribution in [2.75, 3.05) is 13.1 Å². The molecule has 0 aromatic carbocycles. The quantitative estimate of drug-likeness (QED) is 0.376. The standard InChI is InChI=1S/C8H18N2O2/c1-4-5-6-9-7-8(2,3)10(11)12/h9H,4-7H2,1-3H3. The van der Waals surface area contributed by atoms with Gasteiger partial charge in [-0.3, -0.25) is 10.1 Å². The number of nitrogens with zero attached hydrogens (tertiary/aromatic N) is 1. The zero-order chi connectivity index (χ0) is 9.61. The Hall–Kier alpha value is -0.640. The lowest BCUT2D eigenvalue weighted by atomic mass is 10.1. The third-order valence-corrected chi connectivity index (χ3v) is 1.76. The second-order valence-corrected chi connectivity index (χ2v) is 3.60. The minimum atomic E-state index is -0.840. The Morgan fingerprint density at radius 2 is 2.08 bits per heavy atom. The molecule has 0 aromatic heterocycles. The third-order valence-electron chi connectivity index (χ3n) is 1.76. The average molecular weight is 174 g/mol. The molecule has 0 fully saturated rings. The molecule has 0 amide bonds. The lowest BCUT2D eigenvalue weighted by Gasteiger charge is -2.15. The zero-order valence-corrected chi connectivity index (χ0v) is 8.09. The Morgan fingerprint density at radius 1 is 1.50 bits per heavy atom. The summed E-state index contributed by atoms with van der Waals surface area (Å²) in [5.41, 5.74) is -0.840. The molecular weight excluding hydrogens is 156 g/mol. The minimum Gasteiger partial charge on any atom is -0.310 e. The molecule has 0 aromatic rings. The molecule has 0 rings (SSSR count). The summed E-state index contributed by atoms with van der Waals surface area (Å²) in [7, 11) is 0. The van der Waals surface area contributed by atoms with Crippen molar-refractivity contribution in [3.63, 3.8) is 0 Å². The summed E-state index contributed by atoms with van der Waals surface area (Å²) in [5, 5.41) is 13.5. The highest BCUT2D eigenvalue weighted by Gasteiger charge is 2.29. The van der Waals surface area contributed by atoms with Crippen molar-refractivity contribution in [2.24, 2.45) is 0 Å².